The predicted molar refractivity (Wildman–Crippen MR) is 76.6 cm³/mol. The maximum absolute atomic E-state index is 5.90. The molecule has 1 aromatic rings. The van der Waals surface area contributed by atoms with E-state index < -0.39 is 0 Å². The van der Waals surface area contributed by atoms with Crippen LogP contribution in [-0.2, 0) is 0 Å². The quantitative estimate of drug-likeness (QED) is 0.848. The van der Waals surface area contributed by atoms with E-state index in [2.05, 4.69) is 11.9 Å². The number of likely N-dealkylation sites (tertiary alicyclic amines) is 1. The Morgan fingerprint density at radius 2 is 2.21 bits per heavy atom. The second-order valence-electron chi connectivity index (χ2n) is 5.30. The third kappa shape index (κ3) is 3.85. The van der Waals surface area contributed by atoms with E-state index in [1.165, 1.54) is 13.0 Å². The molecule has 2 N–H and O–H groups in total. The Hall–Kier alpha value is -1.26. The lowest BCUT2D eigenvalue weighted by atomic mass is 9.92. The minimum atomic E-state index is 0.427. The number of methoxy groups -OCH3 is 1. The first-order chi connectivity index (χ1) is 9.22. The van der Waals surface area contributed by atoms with Gasteiger partial charge in [0.1, 0.15) is 11.5 Å². The van der Waals surface area contributed by atoms with Crippen LogP contribution in [-0.4, -0.2) is 45.3 Å². The smallest absolute Gasteiger partial charge is 0.122 e. The molecule has 106 valence electrons. The van der Waals surface area contributed by atoms with E-state index in [0.717, 1.165) is 18.0 Å². The van der Waals surface area contributed by atoms with Gasteiger partial charge in [0.05, 0.1) is 13.7 Å². The highest BCUT2D eigenvalue weighted by molar-refractivity contribution is 5.32. The molecule has 19 heavy (non-hydrogen) atoms. The van der Waals surface area contributed by atoms with Gasteiger partial charge in [-0.25, -0.2) is 0 Å². The van der Waals surface area contributed by atoms with Crippen LogP contribution < -0.4 is 15.2 Å². The zero-order chi connectivity index (χ0) is 13.7. The Labute approximate surface area is 115 Å². The van der Waals surface area contributed by atoms with Crippen LogP contribution in [0.1, 0.15) is 6.42 Å². The van der Waals surface area contributed by atoms with E-state index in [-0.39, 0.29) is 0 Å². The average molecular weight is 264 g/mol. The summed E-state index contributed by atoms with van der Waals surface area (Å²) in [6, 6.07) is 7.72. The van der Waals surface area contributed by atoms with Gasteiger partial charge in [-0.05, 0) is 44.6 Å². The molecule has 4 nitrogen and oxygen atoms in total. The summed E-state index contributed by atoms with van der Waals surface area (Å²) in [5, 5.41) is 0. The van der Waals surface area contributed by atoms with E-state index in [1.54, 1.807) is 7.11 Å². The van der Waals surface area contributed by atoms with Crippen molar-refractivity contribution in [2.45, 2.75) is 6.42 Å². The van der Waals surface area contributed by atoms with Crippen molar-refractivity contribution >= 4 is 0 Å². The second-order valence-corrected chi connectivity index (χ2v) is 5.30. The van der Waals surface area contributed by atoms with E-state index in [0.29, 0.717) is 25.0 Å². The van der Waals surface area contributed by atoms with Crippen LogP contribution in [0.4, 0.5) is 0 Å². The molecule has 2 unspecified atom stereocenters. The first-order valence-corrected chi connectivity index (χ1v) is 6.88. The van der Waals surface area contributed by atoms with Gasteiger partial charge in [-0.1, -0.05) is 6.07 Å². The van der Waals surface area contributed by atoms with Gasteiger partial charge in [0.2, 0.25) is 0 Å². The largest absolute Gasteiger partial charge is 0.497 e. The third-order valence-corrected chi connectivity index (χ3v) is 3.90. The number of benzene rings is 1. The summed E-state index contributed by atoms with van der Waals surface area (Å²) in [4.78, 5) is 2.36. The van der Waals surface area contributed by atoms with Crippen molar-refractivity contribution in [1.29, 1.82) is 0 Å². The van der Waals surface area contributed by atoms with E-state index in [9.17, 15) is 0 Å². The average Bonchev–Trinajstić information content (AvgIpc) is 2.86. The van der Waals surface area contributed by atoms with Crippen LogP contribution >= 0.6 is 0 Å². The van der Waals surface area contributed by atoms with Crippen LogP contribution in [0, 0.1) is 11.8 Å². The van der Waals surface area contributed by atoms with Crippen molar-refractivity contribution < 1.29 is 9.47 Å². The van der Waals surface area contributed by atoms with E-state index >= 15 is 0 Å². The van der Waals surface area contributed by atoms with Gasteiger partial charge in [-0.3, -0.25) is 0 Å². The van der Waals surface area contributed by atoms with Gasteiger partial charge in [0.25, 0.3) is 0 Å². The van der Waals surface area contributed by atoms with Crippen molar-refractivity contribution in [3.05, 3.63) is 24.3 Å². The highest BCUT2D eigenvalue weighted by Crippen LogP contribution is 2.25. The van der Waals surface area contributed by atoms with E-state index in [4.69, 9.17) is 15.2 Å². The predicted octanol–water partition coefficient (Wildman–Crippen LogP) is 1.60. The fraction of sp³-hybridized carbons (Fsp3) is 0.600. The number of nitrogens with zero attached hydrogens (tertiary/aromatic N) is 1. The fourth-order valence-electron chi connectivity index (χ4n) is 2.64. The third-order valence-electron chi connectivity index (χ3n) is 3.90. The number of nitrogens with two attached hydrogens (primary N) is 1. The standard InChI is InChI=1S/C15H24N2O2/c1-17-7-6-12(10-17)13(9-16)11-19-15-5-3-4-14(8-15)18-2/h3-5,8,12-13H,6-7,9-11,16H2,1-2H3. The molecule has 1 aliphatic heterocycles. The van der Waals surface area contributed by atoms with Crippen LogP contribution in [0.25, 0.3) is 0 Å². The Morgan fingerprint density at radius 1 is 1.42 bits per heavy atom. The van der Waals surface area contributed by atoms with E-state index in [1.807, 2.05) is 24.3 Å². The van der Waals surface area contributed by atoms with Gasteiger partial charge in [0, 0.05) is 18.5 Å². The second kappa shape index (κ2) is 6.78. The Balaban J connectivity index is 1.88. The van der Waals surface area contributed by atoms with Gasteiger partial charge < -0.3 is 20.1 Å². The first-order valence-electron chi connectivity index (χ1n) is 6.88. The minimum Gasteiger partial charge on any atom is -0.497 e. The SMILES string of the molecule is COc1cccc(OCC(CN)C2CCN(C)C2)c1. The highest BCUT2D eigenvalue weighted by Gasteiger charge is 2.27. The van der Waals surface area contributed by atoms with Crippen LogP contribution in [0.5, 0.6) is 11.5 Å². The van der Waals surface area contributed by atoms with Crippen LogP contribution in [0.15, 0.2) is 24.3 Å². The van der Waals surface area contributed by atoms with Gasteiger partial charge in [-0.15, -0.1) is 0 Å². The zero-order valence-electron chi connectivity index (χ0n) is 11.8. The highest BCUT2D eigenvalue weighted by atomic mass is 16.5. The number of rotatable bonds is 6. The van der Waals surface area contributed by atoms with Crippen LogP contribution in [0.2, 0.25) is 0 Å². The molecule has 0 aliphatic carbocycles. The Morgan fingerprint density at radius 3 is 2.84 bits per heavy atom. The van der Waals surface area contributed by atoms with Crippen LogP contribution in [0.3, 0.4) is 0 Å². The molecule has 0 amide bonds. The molecule has 0 aromatic heterocycles. The summed E-state index contributed by atoms with van der Waals surface area (Å²) >= 11 is 0. The molecular formula is C15H24N2O2. The molecule has 1 aromatic carbocycles. The zero-order valence-corrected chi connectivity index (χ0v) is 11.8. The molecule has 2 atom stereocenters. The molecule has 1 saturated heterocycles. The number of ether oxygens (including phenoxy) is 2. The number of hydrogen-bond donors (Lipinski definition) is 1. The molecule has 1 aliphatic rings. The summed E-state index contributed by atoms with van der Waals surface area (Å²) in [7, 11) is 3.83. The van der Waals surface area contributed by atoms with Gasteiger partial charge in [-0.2, -0.15) is 0 Å². The molecule has 1 fully saturated rings. The van der Waals surface area contributed by atoms with Crippen molar-refractivity contribution in [2.75, 3.05) is 40.4 Å². The molecule has 0 saturated carbocycles. The van der Waals surface area contributed by atoms with Crippen molar-refractivity contribution in [2.24, 2.45) is 17.6 Å². The Bertz CT molecular complexity index is 397. The summed E-state index contributed by atoms with van der Waals surface area (Å²) in [5.41, 5.74) is 5.90. The molecule has 0 bridgehead atoms. The lowest BCUT2D eigenvalue weighted by molar-refractivity contribution is 0.199. The Kier molecular flexibility index (Phi) is 5.05. The summed E-state index contributed by atoms with van der Waals surface area (Å²) in [5.74, 6) is 2.75. The lowest BCUT2D eigenvalue weighted by Crippen LogP contribution is -2.30. The monoisotopic (exact) mass is 264 g/mol. The number of hydrogen-bond acceptors (Lipinski definition) is 4. The fourth-order valence-corrected chi connectivity index (χ4v) is 2.64. The summed E-state index contributed by atoms with van der Waals surface area (Å²) < 4.78 is 11.1. The van der Waals surface area contributed by atoms with Gasteiger partial charge in [0.15, 0.2) is 0 Å². The molecule has 2 rings (SSSR count). The van der Waals surface area contributed by atoms with Crippen molar-refractivity contribution in [3.8, 4) is 11.5 Å². The molecule has 0 radical (unpaired) electrons. The molecule has 4 heteroatoms. The maximum Gasteiger partial charge on any atom is 0.122 e. The van der Waals surface area contributed by atoms with Gasteiger partial charge >= 0.3 is 0 Å². The summed E-state index contributed by atoms with van der Waals surface area (Å²) in [6.07, 6.45) is 1.22. The topological polar surface area (TPSA) is 47.7 Å². The lowest BCUT2D eigenvalue weighted by Gasteiger charge is -2.22. The summed E-state index contributed by atoms with van der Waals surface area (Å²) in [6.45, 7) is 3.66. The maximum atomic E-state index is 5.90. The van der Waals surface area contributed by atoms with Crippen molar-refractivity contribution in [3.63, 3.8) is 0 Å². The van der Waals surface area contributed by atoms with Crippen molar-refractivity contribution in [1.82, 2.24) is 4.90 Å². The normalized spacial score (nSPS) is 21.3. The molecule has 0 spiro atoms. The molecule has 1 heterocycles. The minimum absolute atomic E-state index is 0.427. The molecular weight excluding hydrogens is 240 g/mol. The first kappa shape index (κ1) is 14.2.